The summed E-state index contributed by atoms with van der Waals surface area (Å²) in [4.78, 5) is 10.5. The van der Waals surface area contributed by atoms with Crippen LogP contribution in [-0.2, 0) is 4.79 Å². The van der Waals surface area contributed by atoms with Gasteiger partial charge in [-0.25, -0.2) is 4.79 Å². The Morgan fingerprint density at radius 2 is 2.45 bits per heavy atom. The van der Waals surface area contributed by atoms with Crippen molar-refractivity contribution in [3.8, 4) is 0 Å². The van der Waals surface area contributed by atoms with Gasteiger partial charge in [0.1, 0.15) is 6.04 Å². The molecule has 60 valence electrons. The van der Waals surface area contributed by atoms with Crippen LogP contribution in [0, 0.1) is 6.92 Å². The third-order valence-electron chi connectivity index (χ3n) is 1.59. The van der Waals surface area contributed by atoms with Gasteiger partial charge in [0.05, 0.1) is 0 Å². The van der Waals surface area contributed by atoms with E-state index in [4.69, 9.17) is 5.11 Å². The van der Waals surface area contributed by atoms with Gasteiger partial charge in [-0.15, -0.1) is 0 Å². The van der Waals surface area contributed by atoms with E-state index in [9.17, 15) is 4.79 Å². The van der Waals surface area contributed by atoms with Crippen molar-refractivity contribution in [3.05, 3.63) is 18.0 Å². The molecule has 0 aliphatic rings. The molecule has 0 aliphatic carbocycles. The zero-order chi connectivity index (χ0) is 8.43. The first-order valence-corrected chi connectivity index (χ1v) is 3.36. The second-order valence-electron chi connectivity index (χ2n) is 2.43. The fourth-order valence-electron chi connectivity index (χ4n) is 0.891. The molecule has 1 rings (SSSR count). The van der Waals surface area contributed by atoms with Gasteiger partial charge in [-0.1, -0.05) is 0 Å². The Morgan fingerprint density at radius 1 is 1.82 bits per heavy atom. The molecule has 0 unspecified atom stereocenters. The maximum atomic E-state index is 10.5. The summed E-state index contributed by atoms with van der Waals surface area (Å²) in [6, 6.07) is 1.20. The quantitative estimate of drug-likeness (QED) is 0.686. The smallest absolute Gasteiger partial charge is 0.328 e. The maximum Gasteiger partial charge on any atom is 0.328 e. The zero-order valence-electron chi connectivity index (χ0n) is 6.48. The monoisotopic (exact) mass is 154 g/mol. The molecule has 1 atom stereocenters. The predicted octanol–water partition coefficient (Wildman–Crippen LogP) is 0.837. The van der Waals surface area contributed by atoms with Gasteiger partial charge in [-0.2, -0.15) is 5.10 Å². The highest BCUT2D eigenvalue weighted by atomic mass is 16.4. The first-order valence-electron chi connectivity index (χ1n) is 3.36. The number of aryl methyl sites for hydroxylation is 1. The normalized spacial score (nSPS) is 12.9. The largest absolute Gasteiger partial charge is 0.480 e. The molecule has 0 radical (unpaired) electrons. The first-order chi connectivity index (χ1) is 5.13. The number of aliphatic carboxylic acids is 1. The van der Waals surface area contributed by atoms with Gasteiger partial charge >= 0.3 is 5.97 Å². The lowest BCUT2D eigenvalue weighted by Gasteiger charge is -2.07. The molecule has 11 heavy (non-hydrogen) atoms. The highest BCUT2D eigenvalue weighted by Crippen LogP contribution is 2.06. The van der Waals surface area contributed by atoms with Crippen LogP contribution in [0.5, 0.6) is 0 Å². The standard InChI is InChI=1S/C7H10N2O2/c1-5-3-4-8-9(5)6(2)7(10)11/h3-4,6H,1-2H3,(H,10,11)/t6-/m0/s1. The zero-order valence-corrected chi connectivity index (χ0v) is 6.48. The van der Waals surface area contributed by atoms with Crippen molar-refractivity contribution in [1.29, 1.82) is 0 Å². The molecule has 1 aromatic rings. The van der Waals surface area contributed by atoms with Crippen molar-refractivity contribution < 1.29 is 9.90 Å². The Morgan fingerprint density at radius 3 is 2.82 bits per heavy atom. The number of hydrogen-bond donors (Lipinski definition) is 1. The average Bonchev–Trinajstić information content (AvgIpc) is 2.33. The Bertz CT molecular complexity index is 267. The van der Waals surface area contributed by atoms with E-state index < -0.39 is 12.0 Å². The van der Waals surface area contributed by atoms with Gasteiger partial charge < -0.3 is 5.11 Å². The van der Waals surface area contributed by atoms with Crippen molar-refractivity contribution in [2.45, 2.75) is 19.9 Å². The van der Waals surface area contributed by atoms with Gasteiger partial charge in [-0.05, 0) is 19.9 Å². The van der Waals surface area contributed by atoms with E-state index in [1.807, 2.05) is 6.92 Å². The van der Waals surface area contributed by atoms with E-state index >= 15 is 0 Å². The molecule has 0 fully saturated rings. The van der Waals surface area contributed by atoms with Crippen LogP contribution in [-0.4, -0.2) is 20.9 Å². The minimum atomic E-state index is -0.864. The Balaban J connectivity index is 2.92. The fourth-order valence-corrected chi connectivity index (χ4v) is 0.891. The highest BCUT2D eigenvalue weighted by Gasteiger charge is 2.14. The minimum Gasteiger partial charge on any atom is -0.480 e. The molecule has 0 aromatic carbocycles. The van der Waals surface area contributed by atoms with Gasteiger partial charge in [0, 0.05) is 11.9 Å². The van der Waals surface area contributed by atoms with Crippen LogP contribution in [0.1, 0.15) is 18.7 Å². The summed E-state index contributed by atoms with van der Waals surface area (Å²) in [6.45, 7) is 3.43. The van der Waals surface area contributed by atoms with Crippen molar-refractivity contribution in [2.24, 2.45) is 0 Å². The second kappa shape index (κ2) is 2.74. The first kappa shape index (κ1) is 7.78. The van der Waals surface area contributed by atoms with Crippen LogP contribution >= 0.6 is 0 Å². The molecular formula is C7H10N2O2. The lowest BCUT2D eigenvalue weighted by Crippen LogP contribution is -2.17. The van der Waals surface area contributed by atoms with E-state index in [-0.39, 0.29) is 0 Å². The average molecular weight is 154 g/mol. The molecule has 0 spiro atoms. The van der Waals surface area contributed by atoms with Gasteiger partial charge in [-0.3, -0.25) is 4.68 Å². The molecule has 0 bridgehead atoms. The maximum absolute atomic E-state index is 10.5. The molecule has 4 nitrogen and oxygen atoms in total. The predicted molar refractivity (Wildman–Crippen MR) is 39.3 cm³/mol. The number of carbonyl (C=O) groups is 1. The number of rotatable bonds is 2. The van der Waals surface area contributed by atoms with Crippen LogP contribution < -0.4 is 0 Å². The fraction of sp³-hybridized carbons (Fsp3) is 0.429. The number of hydrogen-bond acceptors (Lipinski definition) is 2. The van der Waals surface area contributed by atoms with E-state index in [2.05, 4.69) is 5.10 Å². The lowest BCUT2D eigenvalue weighted by molar-refractivity contribution is -0.140. The van der Waals surface area contributed by atoms with E-state index in [1.165, 1.54) is 4.68 Å². The second-order valence-corrected chi connectivity index (χ2v) is 2.43. The summed E-state index contributed by atoms with van der Waals surface area (Å²) in [5, 5.41) is 12.5. The summed E-state index contributed by atoms with van der Waals surface area (Å²) in [5.74, 6) is -0.864. The van der Waals surface area contributed by atoms with E-state index in [1.54, 1.807) is 19.2 Å². The summed E-state index contributed by atoms with van der Waals surface area (Å²) >= 11 is 0. The van der Waals surface area contributed by atoms with Crippen LogP contribution in [0.2, 0.25) is 0 Å². The van der Waals surface area contributed by atoms with Crippen molar-refractivity contribution in [3.63, 3.8) is 0 Å². The van der Waals surface area contributed by atoms with Crippen LogP contribution in [0.15, 0.2) is 12.3 Å². The molecule has 0 saturated carbocycles. The minimum absolute atomic E-state index is 0.579. The highest BCUT2D eigenvalue weighted by molar-refractivity contribution is 5.71. The molecule has 1 heterocycles. The van der Waals surface area contributed by atoms with Gasteiger partial charge in [0.25, 0.3) is 0 Å². The van der Waals surface area contributed by atoms with Crippen LogP contribution in [0.4, 0.5) is 0 Å². The number of carboxylic acids is 1. The summed E-state index contributed by atoms with van der Waals surface area (Å²) in [5.41, 5.74) is 0.861. The molecule has 0 amide bonds. The van der Waals surface area contributed by atoms with Crippen molar-refractivity contribution >= 4 is 5.97 Å². The lowest BCUT2D eigenvalue weighted by atomic mass is 10.3. The van der Waals surface area contributed by atoms with Crippen LogP contribution in [0.3, 0.4) is 0 Å². The molecule has 1 aromatic heterocycles. The topological polar surface area (TPSA) is 55.1 Å². The summed E-state index contributed by atoms with van der Waals surface area (Å²) < 4.78 is 1.47. The molecule has 0 saturated heterocycles. The van der Waals surface area contributed by atoms with Crippen molar-refractivity contribution in [2.75, 3.05) is 0 Å². The summed E-state index contributed by atoms with van der Waals surface area (Å²) in [7, 11) is 0. The number of aromatic nitrogens is 2. The third kappa shape index (κ3) is 1.39. The van der Waals surface area contributed by atoms with Gasteiger partial charge in [0.2, 0.25) is 0 Å². The Labute approximate surface area is 64.5 Å². The summed E-state index contributed by atoms with van der Waals surface area (Å²) in [6.07, 6.45) is 1.59. The molecular weight excluding hydrogens is 144 g/mol. The Hall–Kier alpha value is -1.32. The van der Waals surface area contributed by atoms with E-state index in [0.717, 1.165) is 5.69 Å². The van der Waals surface area contributed by atoms with E-state index in [0.29, 0.717) is 0 Å². The molecule has 0 aliphatic heterocycles. The molecule has 1 N–H and O–H groups in total. The Kier molecular flexibility index (Phi) is 1.94. The third-order valence-corrected chi connectivity index (χ3v) is 1.59. The number of carboxylic acid groups (broad SMARTS) is 1. The number of nitrogens with zero attached hydrogens (tertiary/aromatic N) is 2. The van der Waals surface area contributed by atoms with Crippen molar-refractivity contribution in [1.82, 2.24) is 9.78 Å². The SMILES string of the molecule is Cc1ccnn1[C@@H](C)C(=O)O. The van der Waals surface area contributed by atoms with Crippen LogP contribution in [0.25, 0.3) is 0 Å². The van der Waals surface area contributed by atoms with Gasteiger partial charge in [0.15, 0.2) is 0 Å². The molecule has 4 heteroatoms.